The number of nitrogens with one attached hydrogen (secondary N) is 1. The summed E-state index contributed by atoms with van der Waals surface area (Å²) in [5, 5.41) is 17.5. The Balaban J connectivity index is 1.55. The maximum atomic E-state index is 12.7. The first-order valence-corrected chi connectivity index (χ1v) is 13.7. The molecule has 222 valence electrons. The summed E-state index contributed by atoms with van der Waals surface area (Å²) < 4.78 is 41.7. The molecule has 0 unspecified atom stereocenters. The van der Waals surface area contributed by atoms with Crippen LogP contribution in [0, 0.1) is 20.8 Å². The van der Waals surface area contributed by atoms with Crippen LogP contribution in [0.15, 0.2) is 34.9 Å². The number of fused-ring (bicyclic) bond motifs is 1. The molecule has 2 N–H and O–H groups in total. The summed E-state index contributed by atoms with van der Waals surface area (Å²) in [6.45, 7) is 6.25. The lowest BCUT2D eigenvalue weighted by molar-refractivity contribution is 0.0795. The van der Waals surface area contributed by atoms with E-state index in [9.17, 15) is 13.9 Å². The van der Waals surface area contributed by atoms with E-state index in [0.29, 0.717) is 70.5 Å². The molecule has 5 rings (SSSR count). The van der Waals surface area contributed by atoms with E-state index in [-0.39, 0.29) is 12.5 Å². The molecule has 3 aromatic heterocycles. The van der Waals surface area contributed by atoms with Crippen molar-refractivity contribution in [2.24, 2.45) is 0 Å². The molecule has 1 aliphatic heterocycles. The van der Waals surface area contributed by atoms with Gasteiger partial charge < -0.3 is 29.3 Å². The fraction of sp³-hybridized carbons (Fsp3) is 0.379. The molecule has 4 aromatic rings. The fourth-order valence-electron chi connectivity index (χ4n) is 4.86. The molecule has 0 saturated heterocycles. The van der Waals surface area contributed by atoms with Gasteiger partial charge in [-0.2, -0.15) is 0 Å². The van der Waals surface area contributed by atoms with Crippen LogP contribution in [-0.2, 0) is 13.1 Å². The van der Waals surface area contributed by atoms with E-state index >= 15 is 0 Å². The summed E-state index contributed by atoms with van der Waals surface area (Å²) in [6, 6.07) is 8.59. The van der Waals surface area contributed by atoms with Gasteiger partial charge in [-0.25, -0.2) is 23.7 Å². The third-order valence-corrected chi connectivity index (χ3v) is 7.18. The van der Waals surface area contributed by atoms with Crippen LogP contribution < -0.4 is 19.7 Å². The summed E-state index contributed by atoms with van der Waals surface area (Å²) in [4.78, 5) is 16.4. The standard InChI is InChI=1S/C29H31ClF2N6O4/c1-15-27(26-16(2)37-42-17(26)3)35-28(21-9-20(6-7-22(21)30)40-13-19(39)10-33-4)36-29(15)38-11-18-5-8-25(34-23(18)12-38)41-14-24(31)32/h5-9,19,24,33,39H,10-14H2,1-4H3/t19-/m1/s1. The summed E-state index contributed by atoms with van der Waals surface area (Å²) in [7, 11) is 1.75. The van der Waals surface area contributed by atoms with Crippen LogP contribution in [0.2, 0.25) is 5.02 Å². The lowest BCUT2D eigenvalue weighted by Crippen LogP contribution is -2.29. The van der Waals surface area contributed by atoms with Crippen LogP contribution in [-0.4, -0.2) is 64.6 Å². The Kier molecular flexibility index (Phi) is 8.85. The molecule has 13 heteroatoms. The van der Waals surface area contributed by atoms with Gasteiger partial charge in [0.05, 0.1) is 34.2 Å². The number of likely N-dealkylation sites (N-methyl/N-ethyl adjacent to an activating group) is 1. The zero-order chi connectivity index (χ0) is 30.0. The molecule has 1 atom stereocenters. The number of aryl methyl sites for hydroxylation is 2. The number of hydrogen-bond acceptors (Lipinski definition) is 10. The summed E-state index contributed by atoms with van der Waals surface area (Å²) >= 11 is 6.66. The molecule has 0 fully saturated rings. The van der Waals surface area contributed by atoms with Crippen LogP contribution in [0.3, 0.4) is 0 Å². The molecule has 4 heterocycles. The Labute approximate surface area is 246 Å². The minimum Gasteiger partial charge on any atom is -0.491 e. The van der Waals surface area contributed by atoms with Gasteiger partial charge in [-0.15, -0.1) is 0 Å². The first-order valence-electron chi connectivity index (χ1n) is 13.4. The molecule has 0 amide bonds. The Morgan fingerprint density at radius 3 is 2.60 bits per heavy atom. The molecule has 10 nitrogen and oxygen atoms in total. The van der Waals surface area contributed by atoms with Crippen molar-refractivity contribution in [2.75, 3.05) is 31.7 Å². The molecule has 0 saturated carbocycles. The minimum absolute atomic E-state index is 0.0916. The Morgan fingerprint density at radius 2 is 1.88 bits per heavy atom. The second-order valence-electron chi connectivity index (χ2n) is 10.0. The lowest BCUT2D eigenvalue weighted by atomic mass is 10.0. The number of halogens is 3. The number of alkyl halides is 2. The number of aliphatic hydroxyl groups is 1. The molecule has 1 aromatic carbocycles. The average molecular weight is 601 g/mol. The number of aromatic nitrogens is 4. The van der Waals surface area contributed by atoms with E-state index in [1.165, 1.54) is 0 Å². The highest BCUT2D eigenvalue weighted by Gasteiger charge is 2.28. The molecule has 0 bridgehead atoms. The summed E-state index contributed by atoms with van der Waals surface area (Å²) in [5.41, 5.74) is 5.08. The topological polar surface area (TPSA) is 119 Å². The van der Waals surface area contributed by atoms with Crippen molar-refractivity contribution in [3.05, 3.63) is 63.6 Å². The van der Waals surface area contributed by atoms with Gasteiger partial charge in [0.25, 0.3) is 6.43 Å². The van der Waals surface area contributed by atoms with Crippen LogP contribution in [0.25, 0.3) is 22.6 Å². The molecule has 0 radical (unpaired) electrons. The second-order valence-corrected chi connectivity index (χ2v) is 10.4. The number of pyridine rings is 1. The monoisotopic (exact) mass is 600 g/mol. The summed E-state index contributed by atoms with van der Waals surface area (Å²) in [5.74, 6) is 2.27. The van der Waals surface area contributed by atoms with Gasteiger partial charge in [0.15, 0.2) is 12.4 Å². The lowest BCUT2D eigenvalue weighted by Gasteiger charge is -2.22. The average Bonchev–Trinajstić information content (AvgIpc) is 3.53. The zero-order valence-electron chi connectivity index (χ0n) is 23.6. The highest BCUT2D eigenvalue weighted by molar-refractivity contribution is 6.33. The largest absolute Gasteiger partial charge is 0.491 e. The molecular formula is C29H31ClF2N6O4. The number of benzene rings is 1. The van der Waals surface area contributed by atoms with E-state index in [0.717, 1.165) is 16.7 Å². The number of anilines is 1. The van der Waals surface area contributed by atoms with E-state index in [2.05, 4.69) is 15.5 Å². The van der Waals surface area contributed by atoms with E-state index in [4.69, 9.17) is 35.6 Å². The molecule has 0 aliphatic carbocycles. The van der Waals surface area contributed by atoms with Gasteiger partial charge >= 0.3 is 0 Å². The Hall–Kier alpha value is -3.87. The Morgan fingerprint density at radius 1 is 1.07 bits per heavy atom. The third-order valence-electron chi connectivity index (χ3n) is 6.85. The van der Waals surface area contributed by atoms with Gasteiger partial charge in [-0.3, -0.25) is 0 Å². The number of ether oxygens (including phenoxy) is 2. The predicted octanol–water partition coefficient (Wildman–Crippen LogP) is 4.90. The number of hydrogen-bond donors (Lipinski definition) is 2. The van der Waals surface area contributed by atoms with Gasteiger partial charge in [0, 0.05) is 30.3 Å². The predicted molar refractivity (Wildman–Crippen MR) is 153 cm³/mol. The van der Waals surface area contributed by atoms with Gasteiger partial charge in [0.1, 0.15) is 30.0 Å². The van der Waals surface area contributed by atoms with Crippen molar-refractivity contribution >= 4 is 17.4 Å². The molecule has 1 aliphatic rings. The SMILES string of the molecule is CNC[C@@H](O)COc1ccc(Cl)c(-c2nc(-c3c(C)noc3C)c(C)c(N3Cc4ccc(OCC(F)F)nc4C3)n2)c1. The van der Waals surface area contributed by atoms with Gasteiger partial charge in [-0.1, -0.05) is 16.8 Å². The normalized spacial score (nSPS) is 13.5. The maximum absolute atomic E-state index is 12.7. The van der Waals surface area contributed by atoms with Crippen molar-refractivity contribution < 1.29 is 27.9 Å². The van der Waals surface area contributed by atoms with Crippen LogP contribution in [0.1, 0.15) is 28.3 Å². The summed E-state index contributed by atoms with van der Waals surface area (Å²) in [6.07, 6.45) is -3.27. The fourth-order valence-corrected chi connectivity index (χ4v) is 5.06. The Bertz CT molecular complexity index is 1560. The van der Waals surface area contributed by atoms with Gasteiger partial charge in [-0.05, 0) is 57.6 Å². The third kappa shape index (κ3) is 6.30. The molecule has 42 heavy (non-hydrogen) atoms. The van der Waals surface area contributed by atoms with E-state index in [1.807, 2.05) is 31.7 Å². The minimum atomic E-state index is -2.59. The van der Waals surface area contributed by atoms with Crippen LogP contribution >= 0.6 is 11.6 Å². The van der Waals surface area contributed by atoms with E-state index in [1.54, 1.807) is 31.3 Å². The first-order chi connectivity index (χ1) is 20.1. The van der Waals surface area contributed by atoms with Crippen LogP contribution in [0.4, 0.5) is 14.6 Å². The van der Waals surface area contributed by atoms with Crippen molar-refractivity contribution in [3.8, 4) is 34.3 Å². The number of nitrogens with zero attached hydrogens (tertiary/aromatic N) is 5. The van der Waals surface area contributed by atoms with Crippen molar-refractivity contribution in [2.45, 2.75) is 46.4 Å². The highest BCUT2D eigenvalue weighted by Crippen LogP contribution is 2.39. The second kappa shape index (κ2) is 12.6. The molecular weight excluding hydrogens is 570 g/mol. The van der Waals surface area contributed by atoms with E-state index < -0.39 is 19.1 Å². The van der Waals surface area contributed by atoms with Gasteiger partial charge in [0.2, 0.25) is 5.88 Å². The van der Waals surface area contributed by atoms with Crippen LogP contribution in [0.5, 0.6) is 11.6 Å². The zero-order valence-corrected chi connectivity index (χ0v) is 24.4. The quantitative estimate of drug-likeness (QED) is 0.246. The first kappa shape index (κ1) is 29.6. The maximum Gasteiger partial charge on any atom is 0.272 e. The highest BCUT2D eigenvalue weighted by atomic mass is 35.5. The number of aliphatic hydroxyl groups excluding tert-OH is 1. The van der Waals surface area contributed by atoms with Crippen molar-refractivity contribution in [1.29, 1.82) is 0 Å². The van der Waals surface area contributed by atoms with Crippen molar-refractivity contribution in [3.63, 3.8) is 0 Å². The van der Waals surface area contributed by atoms with Crippen molar-refractivity contribution in [1.82, 2.24) is 25.4 Å². The smallest absolute Gasteiger partial charge is 0.272 e. The molecule has 0 spiro atoms. The number of rotatable bonds is 11.